The van der Waals surface area contributed by atoms with Crippen LogP contribution in [0.25, 0.3) is 0 Å². The number of halogens is 2. The Morgan fingerprint density at radius 3 is 2.28 bits per heavy atom. The van der Waals surface area contributed by atoms with Crippen molar-refractivity contribution in [3.05, 3.63) is 89.0 Å². The first-order chi connectivity index (χ1) is 13.7. The molecular formula is C21H18F2N2O3S. The molecule has 0 aromatic heterocycles. The molecule has 0 atom stereocenters. The highest BCUT2D eigenvalue weighted by molar-refractivity contribution is 7.92. The fourth-order valence-electron chi connectivity index (χ4n) is 2.69. The van der Waals surface area contributed by atoms with Crippen LogP contribution in [0, 0.1) is 25.5 Å². The number of carbonyl (C=O) groups excluding carboxylic acids is 1. The van der Waals surface area contributed by atoms with E-state index in [4.69, 9.17) is 0 Å². The maximum absolute atomic E-state index is 13.9. The predicted octanol–water partition coefficient (Wildman–Crippen LogP) is 4.63. The average molecular weight is 416 g/mol. The van der Waals surface area contributed by atoms with Crippen molar-refractivity contribution in [3.8, 4) is 0 Å². The van der Waals surface area contributed by atoms with E-state index in [1.165, 1.54) is 42.5 Å². The van der Waals surface area contributed by atoms with Gasteiger partial charge in [-0.2, -0.15) is 0 Å². The molecule has 0 aliphatic heterocycles. The largest absolute Gasteiger partial charge is 0.319 e. The lowest BCUT2D eigenvalue weighted by atomic mass is 10.1. The Hall–Kier alpha value is -3.26. The van der Waals surface area contributed by atoms with Crippen LogP contribution >= 0.6 is 0 Å². The molecule has 0 heterocycles. The summed E-state index contributed by atoms with van der Waals surface area (Å²) >= 11 is 0. The molecule has 0 saturated carbocycles. The van der Waals surface area contributed by atoms with E-state index in [0.29, 0.717) is 5.56 Å². The highest BCUT2D eigenvalue weighted by Crippen LogP contribution is 2.22. The van der Waals surface area contributed by atoms with Crippen molar-refractivity contribution in [2.45, 2.75) is 18.7 Å². The molecule has 3 aromatic rings. The Labute approximate surface area is 167 Å². The highest BCUT2D eigenvalue weighted by atomic mass is 32.2. The minimum Gasteiger partial charge on any atom is -0.319 e. The van der Waals surface area contributed by atoms with Crippen molar-refractivity contribution in [2.75, 3.05) is 10.0 Å². The molecule has 0 radical (unpaired) electrons. The fraction of sp³-hybridized carbons (Fsp3) is 0.0952. The number of sulfonamides is 1. The van der Waals surface area contributed by atoms with Crippen LogP contribution in [0.5, 0.6) is 0 Å². The molecule has 5 nitrogen and oxygen atoms in total. The number of hydrogen-bond acceptors (Lipinski definition) is 3. The lowest BCUT2D eigenvalue weighted by molar-refractivity contribution is 0.102. The summed E-state index contributed by atoms with van der Waals surface area (Å²) in [6.07, 6.45) is 0. The molecule has 3 aromatic carbocycles. The number of nitrogens with one attached hydrogen (secondary N) is 2. The Morgan fingerprint density at radius 2 is 1.59 bits per heavy atom. The second kappa shape index (κ2) is 8.00. The Kier molecular flexibility index (Phi) is 5.65. The minimum atomic E-state index is -4.03. The summed E-state index contributed by atoms with van der Waals surface area (Å²) in [4.78, 5) is 12.4. The molecule has 0 fully saturated rings. The average Bonchev–Trinajstić information content (AvgIpc) is 2.66. The molecule has 0 aliphatic rings. The van der Waals surface area contributed by atoms with Crippen molar-refractivity contribution in [1.82, 2.24) is 0 Å². The first-order valence-electron chi connectivity index (χ1n) is 8.62. The topological polar surface area (TPSA) is 75.3 Å². The normalized spacial score (nSPS) is 11.2. The summed E-state index contributed by atoms with van der Waals surface area (Å²) in [6, 6.07) is 13.3. The van der Waals surface area contributed by atoms with E-state index in [2.05, 4.69) is 10.0 Å². The number of aryl methyl sites for hydroxylation is 2. The lowest BCUT2D eigenvalue weighted by Crippen LogP contribution is -2.17. The Morgan fingerprint density at radius 1 is 0.897 bits per heavy atom. The van der Waals surface area contributed by atoms with E-state index in [9.17, 15) is 22.0 Å². The summed E-state index contributed by atoms with van der Waals surface area (Å²) in [6.45, 7) is 3.34. The summed E-state index contributed by atoms with van der Waals surface area (Å²) in [5, 5.41) is 2.45. The van der Waals surface area contributed by atoms with Gasteiger partial charge in [0.05, 0.1) is 10.6 Å². The highest BCUT2D eigenvalue weighted by Gasteiger charge is 2.20. The van der Waals surface area contributed by atoms with Crippen molar-refractivity contribution in [1.29, 1.82) is 0 Å². The van der Waals surface area contributed by atoms with E-state index < -0.39 is 27.6 Å². The van der Waals surface area contributed by atoms with Crippen LogP contribution in [-0.4, -0.2) is 14.3 Å². The lowest BCUT2D eigenvalue weighted by Gasteiger charge is -2.13. The van der Waals surface area contributed by atoms with Crippen LogP contribution in [0.1, 0.15) is 21.5 Å². The Bertz CT molecular complexity index is 1180. The quantitative estimate of drug-likeness (QED) is 0.637. The minimum absolute atomic E-state index is 0.00409. The molecule has 8 heteroatoms. The number of benzene rings is 3. The molecule has 0 aliphatic carbocycles. The summed E-state index contributed by atoms with van der Waals surface area (Å²) in [5.74, 6) is -1.74. The van der Waals surface area contributed by atoms with E-state index in [-0.39, 0.29) is 21.8 Å². The molecule has 1 amide bonds. The Balaban J connectivity index is 1.89. The predicted molar refractivity (Wildman–Crippen MR) is 107 cm³/mol. The van der Waals surface area contributed by atoms with Crippen LogP contribution in [0.15, 0.2) is 65.6 Å². The molecule has 2 N–H and O–H groups in total. The molecular weight excluding hydrogens is 398 g/mol. The van der Waals surface area contributed by atoms with Gasteiger partial charge in [-0.25, -0.2) is 17.2 Å². The van der Waals surface area contributed by atoms with Crippen LogP contribution < -0.4 is 10.0 Å². The third-order valence-corrected chi connectivity index (χ3v) is 5.73. The van der Waals surface area contributed by atoms with Gasteiger partial charge in [-0.15, -0.1) is 0 Å². The van der Waals surface area contributed by atoms with Gasteiger partial charge in [-0.3, -0.25) is 9.52 Å². The van der Waals surface area contributed by atoms with E-state index in [1.807, 2.05) is 0 Å². The molecule has 29 heavy (non-hydrogen) atoms. The number of hydrogen-bond donors (Lipinski definition) is 2. The van der Waals surface area contributed by atoms with Gasteiger partial charge in [0.1, 0.15) is 11.6 Å². The van der Waals surface area contributed by atoms with Gasteiger partial charge < -0.3 is 5.32 Å². The zero-order valence-electron chi connectivity index (χ0n) is 15.7. The van der Waals surface area contributed by atoms with Crippen molar-refractivity contribution >= 4 is 27.3 Å². The fourth-order valence-corrected chi connectivity index (χ4v) is 4.02. The molecule has 0 saturated heterocycles. The third-order valence-electron chi connectivity index (χ3n) is 4.21. The van der Waals surface area contributed by atoms with Gasteiger partial charge in [0.25, 0.3) is 15.9 Å². The summed E-state index contributed by atoms with van der Waals surface area (Å²) < 4.78 is 54.8. The third kappa shape index (κ3) is 4.78. The number of rotatable bonds is 5. The van der Waals surface area contributed by atoms with E-state index in [1.54, 1.807) is 19.9 Å². The molecule has 0 spiro atoms. The van der Waals surface area contributed by atoms with Crippen molar-refractivity contribution < 1.29 is 22.0 Å². The summed E-state index contributed by atoms with van der Waals surface area (Å²) in [7, 11) is -4.03. The standard InChI is InChI=1S/C21H18F2N2O3S/c1-13-3-10-18(23)19(11-13)24-21(26)15-5-4-14(2)20(12-15)29(27,28)25-17-8-6-16(22)7-9-17/h3-12,25H,1-2H3,(H,24,26). The molecule has 3 rings (SSSR count). The first kappa shape index (κ1) is 20.5. The van der Waals surface area contributed by atoms with Gasteiger partial charge in [0, 0.05) is 11.3 Å². The maximum Gasteiger partial charge on any atom is 0.262 e. The van der Waals surface area contributed by atoms with Crippen molar-refractivity contribution in [3.63, 3.8) is 0 Å². The van der Waals surface area contributed by atoms with Crippen LogP contribution in [0.3, 0.4) is 0 Å². The SMILES string of the molecule is Cc1ccc(F)c(NC(=O)c2ccc(C)c(S(=O)(=O)Nc3ccc(F)cc3)c2)c1. The monoisotopic (exact) mass is 416 g/mol. The van der Waals surface area contributed by atoms with Crippen LogP contribution in [0.4, 0.5) is 20.2 Å². The van der Waals surface area contributed by atoms with Crippen LogP contribution in [0.2, 0.25) is 0 Å². The first-order valence-corrected chi connectivity index (χ1v) is 10.1. The maximum atomic E-state index is 13.9. The number of carbonyl (C=O) groups is 1. The smallest absolute Gasteiger partial charge is 0.262 e. The molecule has 0 unspecified atom stereocenters. The molecule has 0 bridgehead atoms. The van der Waals surface area contributed by atoms with Gasteiger partial charge in [0.2, 0.25) is 0 Å². The number of amides is 1. The van der Waals surface area contributed by atoms with E-state index in [0.717, 1.165) is 17.7 Å². The zero-order chi connectivity index (χ0) is 21.2. The second-order valence-electron chi connectivity index (χ2n) is 6.53. The van der Waals surface area contributed by atoms with Gasteiger partial charge >= 0.3 is 0 Å². The van der Waals surface area contributed by atoms with Crippen molar-refractivity contribution in [2.24, 2.45) is 0 Å². The van der Waals surface area contributed by atoms with Crippen LogP contribution in [-0.2, 0) is 10.0 Å². The second-order valence-corrected chi connectivity index (χ2v) is 8.18. The number of anilines is 2. The van der Waals surface area contributed by atoms with Gasteiger partial charge in [-0.05, 0) is 73.5 Å². The van der Waals surface area contributed by atoms with Gasteiger partial charge in [-0.1, -0.05) is 12.1 Å². The zero-order valence-corrected chi connectivity index (χ0v) is 16.5. The summed E-state index contributed by atoms with van der Waals surface area (Å²) in [5.41, 5.74) is 1.41. The molecule has 150 valence electrons. The van der Waals surface area contributed by atoms with E-state index >= 15 is 0 Å². The van der Waals surface area contributed by atoms with Gasteiger partial charge in [0.15, 0.2) is 0 Å².